The van der Waals surface area contributed by atoms with Gasteiger partial charge in [-0.3, -0.25) is 4.90 Å². The minimum atomic E-state index is -0.524. The third-order valence-corrected chi connectivity index (χ3v) is 3.74. The molecule has 1 unspecified atom stereocenters. The molecule has 1 saturated heterocycles. The Bertz CT molecular complexity index is 557. The molecule has 1 amide bonds. The minimum absolute atomic E-state index is 0.168. The molecule has 2 rings (SSSR count). The van der Waals surface area contributed by atoms with Gasteiger partial charge in [-0.1, -0.05) is 11.6 Å². The van der Waals surface area contributed by atoms with Crippen molar-refractivity contribution in [3.8, 4) is 5.75 Å². The molecule has 1 aliphatic heterocycles. The van der Waals surface area contributed by atoms with Crippen LogP contribution >= 0.6 is 11.6 Å². The zero-order valence-corrected chi connectivity index (χ0v) is 14.9. The molecular formula is C17H25ClN2O3. The number of nitrogens with one attached hydrogen (secondary N) is 1. The summed E-state index contributed by atoms with van der Waals surface area (Å²) in [5, 5.41) is 3.95. The van der Waals surface area contributed by atoms with Crippen LogP contribution in [-0.4, -0.2) is 42.8 Å². The average Bonchev–Trinajstić information content (AvgIpc) is 2.47. The molecule has 0 saturated carbocycles. The van der Waals surface area contributed by atoms with E-state index in [4.69, 9.17) is 21.1 Å². The Morgan fingerprint density at radius 1 is 1.43 bits per heavy atom. The predicted molar refractivity (Wildman–Crippen MR) is 91.2 cm³/mol. The number of halogens is 1. The fourth-order valence-corrected chi connectivity index (χ4v) is 2.77. The highest BCUT2D eigenvalue weighted by molar-refractivity contribution is 6.30. The van der Waals surface area contributed by atoms with Crippen LogP contribution in [0.2, 0.25) is 5.02 Å². The number of carbonyl (C=O) groups excluding carboxylic acids is 1. The quantitative estimate of drug-likeness (QED) is 0.913. The Labute approximate surface area is 142 Å². The maximum absolute atomic E-state index is 12.6. The Kier molecular flexibility index (Phi) is 5.76. The Morgan fingerprint density at radius 2 is 2.17 bits per heavy atom. The molecule has 0 aliphatic carbocycles. The van der Waals surface area contributed by atoms with Gasteiger partial charge in [-0.2, -0.15) is 0 Å². The summed E-state index contributed by atoms with van der Waals surface area (Å²) in [7, 11) is 0. The van der Waals surface area contributed by atoms with Crippen LogP contribution in [0.4, 0.5) is 4.79 Å². The predicted octanol–water partition coefficient (Wildman–Crippen LogP) is 3.62. The summed E-state index contributed by atoms with van der Waals surface area (Å²) in [6.07, 6.45) is -0.313. The molecule has 0 radical (unpaired) electrons. The van der Waals surface area contributed by atoms with Crippen molar-refractivity contribution in [1.82, 2.24) is 10.2 Å². The summed E-state index contributed by atoms with van der Waals surface area (Å²) in [5.41, 5.74) is 0.376. The zero-order chi connectivity index (χ0) is 17.0. The van der Waals surface area contributed by atoms with Crippen molar-refractivity contribution in [2.24, 2.45) is 0 Å². The van der Waals surface area contributed by atoms with E-state index in [1.807, 2.05) is 39.8 Å². The summed E-state index contributed by atoms with van der Waals surface area (Å²) in [6.45, 7) is 10.1. The normalized spacial score (nSPS) is 18.7. The minimum Gasteiger partial charge on any atom is -0.494 e. The second-order valence-corrected chi connectivity index (χ2v) is 6.95. The van der Waals surface area contributed by atoms with E-state index in [2.05, 4.69) is 5.32 Å². The Hall–Kier alpha value is -1.46. The van der Waals surface area contributed by atoms with E-state index >= 15 is 0 Å². The molecule has 0 spiro atoms. The van der Waals surface area contributed by atoms with Crippen molar-refractivity contribution in [1.29, 1.82) is 0 Å². The largest absolute Gasteiger partial charge is 0.494 e. The van der Waals surface area contributed by atoms with E-state index in [0.29, 0.717) is 24.7 Å². The molecule has 0 bridgehead atoms. The van der Waals surface area contributed by atoms with Crippen LogP contribution in [0.5, 0.6) is 5.75 Å². The van der Waals surface area contributed by atoms with Crippen molar-refractivity contribution in [3.63, 3.8) is 0 Å². The number of nitrogens with zero attached hydrogens (tertiary/aromatic N) is 1. The molecule has 23 heavy (non-hydrogen) atoms. The molecular weight excluding hydrogens is 316 g/mol. The number of rotatable bonds is 3. The third kappa shape index (κ3) is 4.75. The maximum Gasteiger partial charge on any atom is 0.410 e. The SMILES string of the molecule is CCOc1ccc(Cl)cc1C1CNCCN1C(=O)OC(C)(C)C. The van der Waals surface area contributed by atoms with Crippen LogP contribution in [0.25, 0.3) is 0 Å². The monoisotopic (exact) mass is 340 g/mol. The van der Waals surface area contributed by atoms with Crippen LogP contribution in [0.15, 0.2) is 18.2 Å². The van der Waals surface area contributed by atoms with Gasteiger partial charge < -0.3 is 14.8 Å². The number of carbonyl (C=O) groups is 1. The van der Waals surface area contributed by atoms with Gasteiger partial charge in [0.1, 0.15) is 11.4 Å². The highest BCUT2D eigenvalue weighted by Gasteiger charge is 2.33. The van der Waals surface area contributed by atoms with Crippen molar-refractivity contribution in [3.05, 3.63) is 28.8 Å². The van der Waals surface area contributed by atoms with Gasteiger partial charge in [0.25, 0.3) is 0 Å². The summed E-state index contributed by atoms with van der Waals surface area (Å²) in [6, 6.07) is 5.34. The van der Waals surface area contributed by atoms with Gasteiger partial charge in [0, 0.05) is 30.2 Å². The van der Waals surface area contributed by atoms with Crippen LogP contribution in [0.3, 0.4) is 0 Å². The standard InChI is InChI=1S/C17H25ClN2O3/c1-5-22-15-7-6-12(18)10-13(15)14-11-19-8-9-20(14)16(21)23-17(2,3)4/h6-7,10,14,19H,5,8-9,11H2,1-4H3. The van der Waals surface area contributed by atoms with Crippen LogP contribution in [-0.2, 0) is 4.74 Å². The topological polar surface area (TPSA) is 50.8 Å². The number of ether oxygens (including phenoxy) is 2. The first-order chi connectivity index (χ1) is 10.8. The molecule has 1 aromatic rings. The number of hydrogen-bond acceptors (Lipinski definition) is 4. The van der Waals surface area contributed by atoms with Crippen molar-refractivity contribution in [2.75, 3.05) is 26.2 Å². The number of benzene rings is 1. The molecule has 1 atom stereocenters. The second kappa shape index (κ2) is 7.41. The van der Waals surface area contributed by atoms with Gasteiger partial charge >= 0.3 is 6.09 Å². The second-order valence-electron chi connectivity index (χ2n) is 6.51. The highest BCUT2D eigenvalue weighted by Crippen LogP contribution is 2.33. The molecule has 6 heteroatoms. The number of hydrogen-bond donors (Lipinski definition) is 1. The molecule has 1 fully saturated rings. The van der Waals surface area contributed by atoms with Gasteiger partial charge in [-0.25, -0.2) is 4.79 Å². The molecule has 1 aliphatic rings. The lowest BCUT2D eigenvalue weighted by Gasteiger charge is -2.38. The van der Waals surface area contributed by atoms with Crippen LogP contribution < -0.4 is 10.1 Å². The zero-order valence-electron chi connectivity index (χ0n) is 14.2. The van der Waals surface area contributed by atoms with Crippen LogP contribution in [0, 0.1) is 0 Å². The fraction of sp³-hybridized carbons (Fsp3) is 0.588. The summed E-state index contributed by atoms with van der Waals surface area (Å²) >= 11 is 6.16. The van der Waals surface area contributed by atoms with Gasteiger partial charge in [-0.05, 0) is 45.9 Å². The molecule has 5 nitrogen and oxygen atoms in total. The summed E-state index contributed by atoms with van der Waals surface area (Å²) in [5.74, 6) is 0.749. The lowest BCUT2D eigenvalue weighted by Crippen LogP contribution is -2.50. The van der Waals surface area contributed by atoms with Crippen molar-refractivity contribution in [2.45, 2.75) is 39.3 Å². The number of amides is 1. The molecule has 1 aromatic carbocycles. The van der Waals surface area contributed by atoms with Crippen LogP contribution in [0.1, 0.15) is 39.3 Å². The first kappa shape index (κ1) is 17.9. The maximum atomic E-state index is 12.6. The van der Waals surface area contributed by atoms with Gasteiger partial charge in [0.05, 0.1) is 12.6 Å². The highest BCUT2D eigenvalue weighted by atomic mass is 35.5. The average molecular weight is 341 g/mol. The van der Waals surface area contributed by atoms with E-state index in [1.54, 1.807) is 11.0 Å². The molecule has 128 valence electrons. The van der Waals surface area contributed by atoms with E-state index in [-0.39, 0.29) is 12.1 Å². The Morgan fingerprint density at radius 3 is 2.83 bits per heavy atom. The lowest BCUT2D eigenvalue weighted by atomic mass is 10.0. The lowest BCUT2D eigenvalue weighted by molar-refractivity contribution is 0.0115. The first-order valence-electron chi connectivity index (χ1n) is 7.94. The Balaban J connectivity index is 2.31. The summed E-state index contributed by atoms with van der Waals surface area (Å²) < 4.78 is 11.3. The molecule has 0 aromatic heterocycles. The third-order valence-electron chi connectivity index (χ3n) is 3.50. The van der Waals surface area contributed by atoms with Gasteiger partial charge in [0.2, 0.25) is 0 Å². The van der Waals surface area contributed by atoms with Gasteiger partial charge in [0.15, 0.2) is 0 Å². The molecule has 1 heterocycles. The molecule has 1 N–H and O–H groups in total. The van der Waals surface area contributed by atoms with E-state index < -0.39 is 5.60 Å². The smallest absolute Gasteiger partial charge is 0.410 e. The summed E-state index contributed by atoms with van der Waals surface area (Å²) in [4.78, 5) is 14.3. The van der Waals surface area contributed by atoms with Crippen molar-refractivity contribution < 1.29 is 14.3 Å². The fourth-order valence-electron chi connectivity index (χ4n) is 2.59. The van der Waals surface area contributed by atoms with Crippen molar-refractivity contribution >= 4 is 17.7 Å². The van der Waals surface area contributed by atoms with Gasteiger partial charge in [-0.15, -0.1) is 0 Å². The van der Waals surface area contributed by atoms with E-state index in [0.717, 1.165) is 17.9 Å². The number of piperazine rings is 1. The van der Waals surface area contributed by atoms with E-state index in [1.165, 1.54) is 0 Å². The first-order valence-corrected chi connectivity index (χ1v) is 8.32. The van der Waals surface area contributed by atoms with E-state index in [9.17, 15) is 4.79 Å².